The first-order chi connectivity index (χ1) is 21.8. The van der Waals surface area contributed by atoms with Crippen molar-refractivity contribution in [2.45, 2.75) is 57.1 Å². The first-order valence-electron chi connectivity index (χ1n) is 14.9. The number of aryl methyl sites for hydroxylation is 1. The molecule has 0 aliphatic heterocycles. The highest BCUT2D eigenvalue weighted by Gasteiger charge is 2.35. The van der Waals surface area contributed by atoms with Gasteiger partial charge in [0.25, 0.3) is 10.0 Å². The average Bonchev–Trinajstić information content (AvgIpc) is 3.02. The van der Waals surface area contributed by atoms with E-state index in [1.165, 1.54) is 24.1 Å². The Balaban J connectivity index is 1.81. The fourth-order valence-electron chi connectivity index (χ4n) is 4.91. The number of benzene rings is 4. The maximum atomic E-state index is 14.5. The molecule has 242 valence electrons. The Kier molecular flexibility index (Phi) is 11.1. The molecule has 0 saturated heterocycles. The highest BCUT2D eigenvalue weighted by atomic mass is 35.5. The number of ether oxygens (including phenoxy) is 1. The number of carbonyl (C=O) groups is 2. The van der Waals surface area contributed by atoms with Gasteiger partial charge in [-0.3, -0.25) is 13.9 Å². The summed E-state index contributed by atoms with van der Waals surface area (Å²) in [6.07, 6.45) is 0.220. The molecule has 4 aromatic rings. The molecule has 8 nitrogen and oxygen atoms in total. The first kappa shape index (κ1) is 34.5. The van der Waals surface area contributed by atoms with Gasteiger partial charge in [-0.25, -0.2) is 8.42 Å². The predicted octanol–water partition coefficient (Wildman–Crippen LogP) is 6.41. The molecular formula is C36H40ClN3O5S. The number of anilines is 1. The van der Waals surface area contributed by atoms with Crippen LogP contribution in [0.3, 0.4) is 0 Å². The van der Waals surface area contributed by atoms with Gasteiger partial charge in [-0.1, -0.05) is 71.8 Å². The van der Waals surface area contributed by atoms with Crippen molar-refractivity contribution in [3.8, 4) is 5.75 Å². The lowest BCUT2D eigenvalue weighted by atomic mass is 10.0. The quantitative estimate of drug-likeness (QED) is 0.189. The topological polar surface area (TPSA) is 96.0 Å². The third kappa shape index (κ3) is 9.11. The summed E-state index contributed by atoms with van der Waals surface area (Å²) < 4.78 is 34.7. The highest BCUT2D eigenvalue weighted by molar-refractivity contribution is 7.92. The first-order valence-corrected chi connectivity index (χ1v) is 16.7. The molecule has 1 atom stereocenters. The minimum atomic E-state index is -4.22. The fourth-order valence-corrected chi connectivity index (χ4v) is 6.45. The van der Waals surface area contributed by atoms with E-state index in [1.807, 2.05) is 58.0 Å². The second-order valence-corrected chi connectivity index (χ2v) is 14.4. The molecular weight excluding hydrogens is 622 g/mol. The third-order valence-electron chi connectivity index (χ3n) is 7.28. The van der Waals surface area contributed by atoms with Crippen LogP contribution in [0.25, 0.3) is 0 Å². The summed E-state index contributed by atoms with van der Waals surface area (Å²) in [5, 5.41) is 3.56. The zero-order chi connectivity index (χ0) is 33.5. The number of nitrogens with zero attached hydrogens (tertiary/aromatic N) is 2. The van der Waals surface area contributed by atoms with E-state index in [2.05, 4.69) is 5.32 Å². The largest absolute Gasteiger partial charge is 0.497 e. The van der Waals surface area contributed by atoms with E-state index in [4.69, 9.17) is 16.3 Å². The van der Waals surface area contributed by atoms with E-state index >= 15 is 0 Å². The number of hydrogen-bond acceptors (Lipinski definition) is 5. The Labute approximate surface area is 277 Å². The molecule has 2 amide bonds. The smallest absolute Gasteiger partial charge is 0.264 e. The molecule has 1 N–H and O–H groups in total. The van der Waals surface area contributed by atoms with Gasteiger partial charge in [0, 0.05) is 23.5 Å². The lowest BCUT2D eigenvalue weighted by Gasteiger charge is -2.35. The summed E-state index contributed by atoms with van der Waals surface area (Å²) in [6.45, 7) is 7.02. The molecule has 0 heterocycles. The van der Waals surface area contributed by atoms with Gasteiger partial charge in [0.2, 0.25) is 11.8 Å². The molecule has 0 fully saturated rings. The number of halogens is 1. The van der Waals surface area contributed by atoms with Crippen LogP contribution in [0.1, 0.15) is 37.5 Å². The maximum absolute atomic E-state index is 14.5. The van der Waals surface area contributed by atoms with Crippen LogP contribution < -0.4 is 14.4 Å². The van der Waals surface area contributed by atoms with Gasteiger partial charge in [0.15, 0.2) is 0 Å². The van der Waals surface area contributed by atoms with Gasteiger partial charge in [-0.05, 0) is 87.4 Å². The monoisotopic (exact) mass is 661 g/mol. The fraction of sp³-hybridized carbons (Fsp3) is 0.278. The van der Waals surface area contributed by atoms with Crippen LogP contribution in [-0.2, 0) is 32.6 Å². The van der Waals surface area contributed by atoms with E-state index < -0.39 is 34.1 Å². The number of nitrogens with one attached hydrogen (secondary N) is 1. The molecule has 0 unspecified atom stereocenters. The molecule has 0 aliphatic rings. The van der Waals surface area contributed by atoms with Crippen molar-refractivity contribution in [3.05, 3.63) is 125 Å². The van der Waals surface area contributed by atoms with Gasteiger partial charge in [-0.2, -0.15) is 0 Å². The normalized spacial score (nSPS) is 12.2. The van der Waals surface area contributed by atoms with Gasteiger partial charge >= 0.3 is 0 Å². The minimum Gasteiger partial charge on any atom is -0.497 e. The average molecular weight is 662 g/mol. The molecule has 4 aromatic carbocycles. The number of amides is 2. The Hall–Kier alpha value is -4.34. The van der Waals surface area contributed by atoms with Crippen molar-refractivity contribution in [3.63, 3.8) is 0 Å². The van der Waals surface area contributed by atoms with Crippen molar-refractivity contribution in [1.29, 1.82) is 0 Å². The number of carbonyl (C=O) groups excluding carboxylic acids is 2. The molecule has 46 heavy (non-hydrogen) atoms. The SMILES string of the molecule is COc1ccc(S(=O)(=O)N(CC(=O)N(Cc2ccc(Cl)cc2)[C@H](Cc2ccccc2)C(=O)NC(C)(C)C)c2ccc(C)cc2)cc1. The molecule has 4 rings (SSSR count). The van der Waals surface area contributed by atoms with Crippen LogP contribution in [-0.4, -0.2) is 50.4 Å². The molecule has 0 saturated carbocycles. The van der Waals surface area contributed by atoms with Crippen LogP contribution in [0.15, 0.2) is 108 Å². The van der Waals surface area contributed by atoms with E-state index in [1.54, 1.807) is 60.7 Å². The molecule has 0 radical (unpaired) electrons. The lowest BCUT2D eigenvalue weighted by molar-refractivity contribution is -0.140. The van der Waals surface area contributed by atoms with Crippen LogP contribution >= 0.6 is 11.6 Å². The standard InChI is InChI=1S/C36H40ClN3O5S/c1-26-11-17-30(18-12-26)40(46(43,44)32-21-19-31(45-5)20-22-32)25-34(41)39(24-28-13-15-29(37)16-14-28)33(35(42)38-36(2,3)4)23-27-9-7-6-8-10-27/h6-22,33H,23-25H2,1-5H3,(H,38,42)/t33-/m1/s1. The Morgan fingerprint density at radius 3 is 2.02 bits per heavy atom. The van der Waals surface area contributed by atoms with Crippen LogP contribution in [0.4, 0.5) is 5.69 Å². The number of sulfonamides is 1. The molecule has 0 aromatic heterocycles. The highest BCUT2D eigenvalue weighted by Crippen LogP contribution is 2.27. The van der Waals surface area contributed by atoms with Gasteiger partial charge in [0.05, 0.1) is 17.7 Å². The number of rotatable bonds is 12. The van der Waals surface area contributed by atoms with Crippen molar-refractivity contribution < 1.29 is 22.7 Å². The van der Waals surface area contributed by atoms with Crippen molar-refractivity contribution in [2.24, 2.45) is 0 Å². The minimum absolute atomic E-state index is 0.00256. The van der Waals surface area contributed by atoms with Crippen molar-refractivity contribution >= 4 is 39.1 Å². The van der Waals surface area contributed by atoms with E-state index in [-0.39, 0.29) is 23.8 Å². The summed E-state index contributed by atoms with van der Waals surface area (Å²) in [6, 6.07) is 28.4. The van der Waals surface area contributed by atoms with Crippen LogP contribution in [0.2, 0.25) is 5.02 Å². The van der Waals surface area contributed by atoms with Gasteiger partial charge in [-0.15, -0.1) is 0 Å². The van der Waals surface area contributed by atoms with Gasteiger partial charge in [0.1, 0.15) is 18.3 Å². The molecule has 0 spiro atoms. The van der Waals surface area contributed by atoms with Gasteiger partial charge < -0.3 is 15.0 Å². The third-order valence-corrected chi connectivity index (χ3v) is 9.32. The van der Waals surface area contributed by atoms with E-state index in [0.717, 1.165) is 21.0 Å². The second kappa shape index (κ2) is 14.8. The summed E-state index contributed by atoms with van der Waals surface area (Å²) >= 11 is 6.15. The van der Waals surface area contributed by atoms with Crippen LogP contribution in [0.5, 0.6) is 5.75 Å². The Morgan fingerprint density at radius 1 is 0.848 bits per heavy atom. The summed E-state index contributed by atoms with van der Waals surface area (Å²) in [5.41, 5.74) is 2.26. The number of methoxy groups -OCH3 is 1. The summed E-state index contributed by atoms with van der Waals surface area (Å²) in [7, 11) is -2.72. The molecule has 0 bridgehead atoms. The van der Waals surface area contributed by atoms with Crippen molar-refractivity contribution in [2.75, 3.05) is 18.0 Å². The summed E-state index contributed by atoms with van der Waals surface area (Å²) in [4.78, 5) is 30.0. The zero-order valence-corrected chi connectivity index (χ0v) is 28.3. The van der Waals surface area contributed by atoms with E-state index in [9.17, 15) is 18.0 Å². The Bertz CT molecular complexity index is 1720. The number of hydrogen-bond donors (Lipinski definition) is 1. The maximum Gasteiger partial charge on any atom is 0.264 e. The molecule has 10 heteroatoms. The summed E-state index contributed by atoms with van der Waals surface area (Å²) in [5.74, 6) is -0.393. The zero-order valence-electron chi connectivity index (χ0n) is 26.7. The lowest BCUT2D eigenvalue weighted by Crippen LogP contribution is -2.56. The Morgan fingerprint density at radius 2 is 1.46 bits per heavy atom. The predicted molar refractivity (Wildman–Crippen MR) is 183 cm³/mol. The van der Waals surface area contributed by atoms with E-state index in [0.29, 0.717) is 16.5 Å². The molecule has 0 aliphatic carbocycles. The second-order valence-electron chi connectivity index (χ2n) is 12.1. The van der Waals surface area contributed by atoms with Crippen molar-refractivity contribution in [1.82, 2.24) is 10.2 Å². The van der Waals surface area contributed by atoms with Crippen LogP contribution in [0, 0.1) is 6.92 Å².